The lowest BCUT2D eigenvalue weighted by Gasteiger charge is -2.06. The van der Waals surface area contributed by atoms with E-state index in [1.807, 2.05) is 39.4 Å². The molecule has 0 radical (unpaired) electrons. The van der Waals surface area contributed by atoms with E-state index in [0.717, 1.165) is 5.56 Å². The van der Waals surface area contributed by atoms with Gasteiger partial charge in [0.05, 0.1) is 10.5 Å². The zero-order valence-electron chi connectivity index (χ0n) is 9.63. The fourth-order valence-electron chi connectivity index (χ4n) is 1.47. The van der Waals surface area contributed by atoms with Gasteiger partial charge >= 0.3 is 0 Å². The fraction of sp³-hybridized carbons (Fsp3) is 0.0833. The first-order chi connectivity index (χ1) is 9.08. The second-order valence-electron chi connectivity index (χ2n) is 3.74. The zero-order valence-corrected chi connectivity index (χ0v) is 12.6. The van der Waals surface area contributed by atoms with Crippen LogP contribution in [0, 0.1) is 13.7 Å². The van der Waals surface area contributed by atoms with E-state index >= 15 is 0 Å². The number of non-ortho nitro benzene ring substituents is 1. The first kappa shape index (κ1) is 13.9. The number of carbonyl (C=O) groups excluding carboxylic acids is 1. The van der Waals surface area contributed by atoms with E-state index < -0.39 is 4.92 Å². The number of benzene rings is 1. The molecular weight excluding hydrogens is 379 g/mol. The number of nitrogens with zero attached hydrogens (tertiary/aromatic N) is 1. The lowest BCUT2D eigenvalue weighted by Crippen LogP contribution is -2.23. The molecule has 2 rings (SSSR count). The monoisotopic (exact) mass is 388 g/mol. The quantitative estimate of drug-likeness (QED) is 0.497. The Bertz CT molecular complexity index is 613. The van der Waals surface area contributed by atoms with Crippen LogP contribution < -0.4 is 5.32 Å². The Hall–Kier alpha value is -1.48. The smallest absolute Gasteiger partial charge is 0.270 e. The number of halogens is 1. The summed E-state index contributed by atoms with van der Waals surface area (Å²) in [4.78, 5) is 22.2. The van der Waals surface area contributed by atoms with Crippen molar-refractivity contribution < 1.29 is 9.72 Å². The van der Waals surface area contributed by atoms with E-state index in [2.05, 4.69) is 5.32 Å². The van der Waals surface area contributed by atoms with Crippen LogP contribution in [-0.2, 0) is 6.54 Å². The third-order valence-electron chi connectivity index (χ3n) is 2.44. The van der Waals surface area contributed by atoms with Gasteiger partial charge in [0.2, 0.25) is 0 Å². The molecule has 0 spiro atoms. The lowest BCUT2D eigenvalue weighted by molar-refractivity contribution is -0.384. The Balaban J connectivity index is 2.14. The number of hydrogen-bond donors (Lipinski definition) is 1. The van der Waals surface area contributed by atoms with Gasteiger partial charge in [-0.15, -0.1) is 0 Å². The summed E-state index contributed by atoms with van der Waals surface area (Å²) < 4.78 is 0.686. The van der Waals surface area contributed by atoms with Gasteiger partial charge in [-0.05, 0) is 51.0 Å². The van der Waals surface area contributed by atoms with Crippen LogP contribution in [0.15, 0.2) is 35.0 Å². The molecule has 98 valence electrons. The predicted octanol–water partition coefficient (Wildman–Crippen LogP) is 3.19. The van der Waals surface area contributed by atoms with Crippen LogP contribution in [-0.4, -0.2) is 10.8 Å². The molecule has 0 aliphatic rings. The molecule has 0 atom stereocenters. The van der Waals surface area contributed by atoms with Crippen LogP contribution in [0.5, 0.6) is 0 Å². The number of carbonyl (C=O) groups is 1. The van der Waals surface area contributed by atoms with E-state index in [9.17, 15) is 14.9 Å². The molecule has 1 aromatic carbocycles. The number of nitro groups is 1. The second-order valence-corrected chi connectivity index (χ2v) is 5.68. The lowest BCUT2D eigenvalue weighted by atomic mass is 10.2. The van der Waals surface area contributed by atoms with Gasteiger partial charge in [0, 0.05) is 22.2 Å². The molecule has 0 saturated heterocycles. The summed E-state index contributed by atoms with van der Waals surface area (Å²) in [5.74, 6) is -0.306. The molecular formula is C12H9IN2O3S. The van der Waals surface area contributed by atoms with Crippen molar-refractivity contribution in [3.8, 4) is 0 Å². The average Bonchev–Trinajstić information content (AvgIpc) is 2.89. The largest absolute Gasteiger partial charge is 0.348 e. The van der Waals surface area contributed by atoms with Crippen molar-refractivity contribution in [3.63, 3.8) is 0 Å². The van der Waals surface area contributed by atoms with E-state index in [1.165, 1.54) is 12.1 Å². The summed E-state index contributed by atoms with van der Waals surface area (Å²) in [6.45, 7) is 0.418. The SMILES string of the molecule is O=C(NCc1ccsc1)c1cc([N+](=O)[O-])ccc1I. The minimum Gasteiger partial charge on any atom is -0.348 e. The standard InChI is InChI=1S/C12H9IN2O3S/c13-11-2-1-9(15(17)18)5-10(11)12(16)14-6-8-3-4-19-7-8/h1-5,7H,6H2,(H,14,16). The van der Waals surface area contributed by atoms with Gasteiger partial charge in [-0.1, -0.05) is 0 Å². The van der Waals surface area contributed by atoms with E-state index in [-0.39, 0.29) is 11.6 Å². The fourth-order valence-corrected chi connectivity index (χ4v) is 2.72. The molecule has 0 unspecified atom stereocenters. The Labute approximate surface area is 126 Å². The summed E-state index contributed by atoms with van der Waals surface area (Å²) in [5, 5.41) is 17.3. The highest BCUT2D eigenvalue weighted by atomic mass is 127. The van der Waals surface area contributed by atoms with Crippen molar-refractivity contribution in [2.75, 3.05) is 0 Å². The summed E-state index contributed by atoms with van der Waals surface area (Å²) in [7, 11) is 0. The van der Waals surface area contributed by atoms with Crippen LogP contribution in [0.3, 0.4) is 0 Å². The Kier molecular flexibility index (Phi) is 4.48. The molecule has 2 aromatic rings. The molecule has 0 bridgehead atoms. The zero-order chi connectivity index (χ0) is 13.8. The second kappa shape index (κ2) is 6.11. The molecule has 1 heterocycles. The number of nitrogens with one attached hydrogen (secondary N) is 1. The Morgan fingerprint density at radius 3 is 2.84 bits per heavy atom. The molecule has 1 N–H and O–H groups in total. The number of thiophene rings is 1. The van der Waals surface area contributed by atoms with Crippen molar-refractivity contribution in [1.82, 2.24) is 5.32 Å². The van der Waals surface area contributed by atoms with Crippen LogP contribution in [0.2, 0.25) is 0 Å². The van der Waals surface area contributed by atoms with Crippen molar-refractivity contribution in [3.05, 3.63) is 59.8 Å². The molecule has 1 amide bonds. The number of nitro benzene ring substituents is 1. The van der Waals surface area contributed by atoms with Crippen LogP contribution >= 0.6 is 33.9 Å². The molecule has 0 fully saturated rings. The van der Waals surface area contributed by atoms with Gasteiger partial charge in [0.1, 0.15) is 0 Å². The van der Waals surface area contributed by atoms with Crippen molar-refractivity contribution in [1.29, 1.82) is 0 Å². The van der Waals surface area contributed by atoms with Gasteiger partial charge in [0.25, 0.3) is 11.6 Å². The average molecular weight is 388 g/mol. The third-order valence-corrected chi connectivity index (χ3v) is 4.11. The molecule has 1 aromatic heterocycles. The Morgan fingerprint density at radius 2 is 2.21 bits per heavy atom. The number of rotatable bonds is 4. The molecule has 7 heteroatoms. The topological polar surface area (TPSA) is 72.2 Å². The maximum absolute atomic E-state index is 12.0. The predicted molar refractivity (Wildman–Crippen MR) is 81.3 cm³/mol. The molecule has 0 aliphatic heterocycles. The number of hydrogen-bond acceptors (Lipinski definition) is 4. The summed E-state index contributed by atoms with van der Waals surface area (Å²) in [6, 6.07) is 6.17. The third kappa shape index (κ3) is 3.51. The minimum atomic E-state index is -0.508. The summed E-state index contributed by atoms with van der Waals surface area (Å²) >= 11 is 3.54. The van der Waals surface area contributed by atoms with Crippen molar-refractivity contribution in [2.24, 2.45) is 0 Å². The van der Waals surface area contributed by atoms with Crippen molar-refractivity contribution in [2.45, 2.75) is 6.54 Å². The normalized spacial score (nSPS) is 10.2. The molecule has 0 aliphatic carbocycles. The van der Waals surface area contributed by atoms with Gasteiger partial charge in [0.15, 0.2) is 0 Å². The first-order valence-electron chi connectivity index (χ1n) is 5.31. The minimum absolute atomic E-state index is 0.0823. The van der Waals surface area contributed by atoms with Crippen LogP contribution in [0.4, 0.5) is 5.69 Å². The highest BCUT2D eigenvalue weighted by Crippen LogP contribution is 2.19. The molecule has 0 saturated carbocycles. The van der Waals surface area contributed by atoms with Gasteiger partial charge in [-0.3, -0.25) is 14.9 Å². The molecule has 19 heavy (non-hydrogen) atoms. The molecule has 5 nitrogen and oxygen atoms in total. The van der Waals surface area contributed by atoms with Crippen LogP contribution in [0.1, 0.15) is 15.9 Å². The van der Waals surface area contributed by atoms with E-state index in [4.69, 9.17) is 0 Å². The maximum Gasteiger partial charge on any atom is 0.270 e. The van der Waals surface area contributed by atoms with E-state index in [0.29, 0.717) is 15.7 Å². The summed E-state index contributed by atoms with van der Waals surface area (Å²) in [6.07, 6.45) is 0. The Morgan fingerprint density at radius 1 is 1.42 bits per heavy atom. The van der Waals surface area contributed by atoms with E-state index in [1.54, 1.807) is 17.4 Å². The highest BCUT2D eigenvalue weighted by molar-refractivity contribution is 14.1. The van der Waals surface area contributed by atoms with Gasteiger partial charge < -0.3 is 5.32 Å². The summed E-state index contributed by atoms with van der Waals surface area (Å²) in [5.41, 5.74) is 1.25. The maximum atomic E-state index is 12.0. The number of amides is 1. The highest BCUT2D eigenvalue weighted by Gasteiger charge is 2.15. The van der Waals surface area contributed by atoms with Crippen LogP contribution in [0.25, 0.3) is 0 Å². The van der Waals surface area contributed by atoms with Gasteiger partial charge in [-0.25, -0.2) is 0 Å². The first-order valence-corrected chi connectivity index (χ1v) is 7.33. The van der Waals surface area contributed by atoms with Crippen molar-refractivity contribution >= 4 is 45.5 Å². The van der Waals surface area contributed by atoms with Gasteiger partial charge in [-0.2, -0.15) is 11.3 Å².